The third-order valence-electron chi connectivity index (χ3n) is 5.14. The molecule has 3 aromatic rings. The minimum atomic E-state index is 0.0341. The molecular formula is C21H22ClN3O. The summed E-state index contributed by atoms with van der Waals surface area (Å²) in [6.45, 7) is 4.31. The van der Waals surface area contributed by atoms with Crippen molar-refractivity contribution in [1.29, 1.82) is 0 Å². The first-order chi connectivity index (χ1) is 12.7. The van der Waals surface area contributed by atoms with Gasteiger partial charge in [-0.15, -0.1) is 0 Å². The molecule has 134 valence electrons. The first kappa shape index (κ1) is 17.1. The number of carbonyl (C=O) groups excluding carboxylic acids is 1. The van der Waals surface area contributed by atoms with Gasteiger partial charge >= 0.3 is 0 Å². The highest BCUT2D eigenvalue weighted by Crippen LogP contribution is 2.20. The van der Waals surface area contributed by atoms with Crippen LogP contribution in [0.3, 0.4) is 0 Å². The number of aromatic nitrogens is 1. The fourth-order valence-electron chi connectivity index (χ4n) is 3.60. The van der Waals surface area contributed by atoms with Crippen LogP contribution in [0.2, 0.25) is 5.02 Å². The van der Waals surface area contributed by atoms with E-state index in [1.165, 1.54) is 16.5 Å². The second-order valence-corrected chi connectivity index (χ2v) is 7.13. The van der Waals surface area contributed by atoms with Crippen molar-refractivity contribution >= 4 is 28.4 Å². The lowest BCUT2D eigenvalue weighted by Gasteiger charge is -2.34. The number of nitrogens with zero attached hydrogens (tertiary/aromatic N) is 2. The summed E-state index contributed by atoms with van der Waals surface area (Å²) < 4.78 is 0. The minimum absolute atomic E-state index is 0.0341. The Bertz CT molecular complexity index is 912. The number of carbonyl (C=O) groups is 1. The van der Waals surface area contributed by atoms with E-state index >= 15 is 0 Å². The lowest BCUT2D eigenvalue weighted by atomic mass is 10.1. The molecule has 0 unspecified atom stereocenters. The first-order valence-corrected chi connectivity index (χ1v) is 9.41. The predicted molar refractivity (Wildman–Crippen MR) is 106 cm³/mol. The Morgan fingerprint density at radius 1 is 1.00 bits per heavy atom. The molecule has 0 spiro atoms. The number of rotatable bonds is 4. The molecule has 5 heteroatoms. The zero-order valence-electron chi connectivity index (χ0n) is 14.6. The van der Waals surface area contributed by atoms with E-state index in [0.29, 0.717) is 10.6 Å². The van der Waals surface area contributed by atoms with Crippen LogP contribution in [0.4, 0.5) is 0 Å². The van der Waals surface area contributed by atoms with Gasteiger partial charge in [-0.2, -0.15) is 0 Å². The van der Waals surface area contributed by atoms with Crippen LogP contribution >= 0.6 is 11.6 Å². The monoisotopic (exact) mass is 367 g/mol. The Morgan fingerprint density at radius 2 is 1.73 bits per heavy atom. The third-order valence-corrected chi connectivity index (χ3v) is 5.47. The Hall–Kier alpha value is -2.30. The van der Waals surface area contributed by atoms with E-state index < -0.39 is 0 Å². The molecule has 26 heavy (non-hydrogen) atoms. The number of H-pyrrole nitrogens is 1. The molecule has 1 fully saturated rings. The summed E-state index contributed by atoms with van der Waals surface area (Å²) in [6.07, 6.45) is 3.13. The second-order valence-electron chi connectivity index (χ2n) is 6.72. The van der Waals surface area contributed by atoms with Crippen molar-refractivity contribution < 1.29 is 4.79 Å². The van der Waals surface area contributed by atoms with Gasteiger partial charge in [0.1, 0.15) is 0 Å². The van der Waals surface area contributed by atoms with Crippen LogP contribution in [0.25, 0.3) is 10.9 Å². The maximum absolute atomic E-state index is 12.6. The van der Waals surface area contributed by atoms with Crippen molar-refractivity contribution in [3.63, 3.8) is 0 Å². The van der Waals surface area contributed by atoms with Gasteiger partial charge < -0.3 is 9.88 Å². The maximum atomic E-state index is 12.6. The molecule has 1 saturated heterocycles. The summed E-state index contributed by atoms with van der Waals surface area (Å²) in [4.78, 5) is 20.3. The van der Waals surface area contributed by atoms with Crippen molar-refractivity contribution in [2.75, 3.05) is 32.7 Å². The normalized spacial score (nSPS) is 15.5. The van der Waals surface area contributed by atoms with E-state index in [1.54, 1.807) is 12.1 Å². The van der Waals surface area contributed by atoms with Gasteiger partial charge in [0.25, 0.3) is 5.91 Å². The summed E-state index contributed by atoms with van der Waals surface area (Å²) >= 11 is 6.16. The van der Waals surface area contributed by atoms with Crippen molar-refractivity contribution in [1.82, 2.24) is 14.8 Å². The molecule has 4 rings (SSSR count). The number of hydrogen-bond donors (Lipinski definition) is 1. The highest BCUT2D eigenvalue weighted by Gasteiger charge is 2.23. The van der Waals surface area contributed by atoms with E-state index in [1.807, 2.05) is 17.0 Å². The van der Waals surface area contributed by atoms with Gasteiger partial charge in [-0.1, -0.05) is 41.9 Å². The van der Waals surface area contributed by atoms with Crippen molar-refractivity contribution in [3.05, 3.63) is 70.9 Å². The van der Waals surface area contributed by atoms with Crippen LogP contribution < -0.4 is 0 Å². The van der Waals surface area contributed by atoms with Gasteiger partial charge in [-0.05, 0) is 30.2 Å². The molecule has 1 aliphatic rings. The van der Waals surface area contributed by atoms with E-state index in [-0.39, 0.29) is 5.91 Å². The SMILES string of the molecule is O=C(c1ccccc1Cl)N1CCN(CCc2c[nH]c3ccccc23)CC1. The van der Waals surface area contributed by atoms with E-state index in [0.717, 1.165) is 39.1 Å². The summed E-state index contributed by atoms with van der Waals surface area (Å²) in [5.41, 5.74) is 3.15. The van der Waals surface area contributed by atoms with Gasteiger partial charge in [0, 0.05) is 49.8 Å². The first-order valence-electron chi connectivity index (χ1n) is 9.03. The number of para-hydroxylation sites is 1. The third kappa shape index (κ3) is 3.48. The van der Waals surface area contributed by atoms with Crippen molar-refractivity contribution in [2.45, 2.75) is 6.42 Å². The molecule has 4 nitrogen and oxygen atoms in total. The standard InChI is InChI=1S/C21H22ClN3O/c22-19-7-3-1-6-18(19)21(26)25-13-11-24(12-14-25)10-9-16-15-23-20-8-4-2-5-17(16)20/h1-8,15,23H,9-14H2. The van der Waals surface area contributed by atoms with Gasteiger partial charge in [0.15, 0.2) is 0 Å². The van der Waals surface area contributed by atoms with Crippen LogP contribution in [-0.4, -0.2) is 53.4 Å². The Kier molecular flexibility index (Phi) is 4.96. The molecule has 1 aromatic heterocycles. The highest BCUT2D eigenvalue weighted by molar-refractivity contribution is 6.33. The zero-order valence-corrected chi connectivity index (χ0v) is 15.4. The molecule has 0 aliphatic carbocycles. The smallest absolute Gasteiger partial charge is 0.255 e. The second kappa shape index (κ2) is 7.52. The average molecular weight is 368 g/mol. The maximum Gasteiger partial charge on any atom is 0.255 e. The number of hydrogen-bond acceptors (Lipinski definition) is 2. The Labute approximate surface area is 158 Å². The molecular weight excluding hydrogens is 346 g/mol. The molecule has 2 aromatic carbocycles. The van der Waals surface area contributed by atoms with Crippen molar-refractivity contribution in [3.8, 4) is 0 Å². The zero-order chi connectivity index (χ0) is 17.9. The van der Waals surface area contributed by atoms with E-state index in [2.05, 4.69) is 40.3 Å². The molecule has 1 amide bonds. The topological polar surface area (TPSA) is 39.3 Å². The van der Waals surface area contributed by atoms with Crippen LogP contribution in [0.5, 0.6) is 0 Å². The van der Waals surface area contributed by atoms with Gasteiger partial charge in [-0.3, -0.25) is 9.69 Å². The van der Waals surface area contributed by atoms with Gasteiger partial charge in [0.2, 0.25) is 0 Å². The van der Waals surface area contributed by atoms with Gasteiger partial charge in [-0.25, -0.2) is 0 Å². The molecule has 0 bridgehead atoms. The van der Waals surface area contributed by atoms with E-state index in [9.17, 15) is 4.79 Å². The van der Waals surface area contributed by atoms with Crippen LogP contribution in [0.15, 0.2) is 54.7 Å². The quantitative estimate of drug-likeness (QED) is 0.761. The van der Waals surface area contributed by atoms with E-state index in [4.69, 9.17) is 11.6 Å². The number of nitrogens with one attached hydrogen (secondary N) is 1. The number of amides is 1. The lowest BCUT2D eigenvalue weighted by Crippen LogP contribution is -2.49. The largest absolute Gasteiger partial charge is 0.361 e. The molecule has 1 N–H and O–H groups in total. The van der Waals surface area contributed by atoms with Crippen LogP contribution in [0.1, 0.15) is 15.9 Å². The molecule has 2 heterocycles. The minimum Gasteiger partial charge on any atom is -0.361 e. The fourth-order valence-corrected chi connectivity index (χ4v) is 3.81. The van der Waals surface area contributed by atoms with Crippen LogP contribution in [0, 0.1) is 0 Å². The number of halogens is 1. The molecule has 1 aliphatic heterocycles. The highest BCUT2D eigenvalue weighted by atomic mass is 35.5. The summed E-state index contributed by atoms with van der Waals surface area (Å²) in [5, 5.41) is 1.83. The predicted octanol–water partition coefficient (Wildman–Crippen LogP) is 3.82. The fraction of sp³-hybridized carbons (Fsp3) is 0.286. The number of fused-ring (bicyclic) bond motifs is 1. The molecule has 0 saturated carbocycles. The molecule has 0 atom stereocenters. The lowest BCUT2D eigenvalue weighted by molar-refractivity contribution is 0.0639. The van der Waals surface area contributed by atoms with Gasteiger partial charge in [0.05, 0.1) is 10.6 Å². The van der Waals surface area contributed by atoms with Crippen LogP contribution in [-0.2, 0) is 6.42 Å². The number of aromatic amines is 1. The summed E-state index contributed by atoms with van der Waals surface area (Å²) in [7, 11) is 0. The Morgan fingerprint density at radius 3 is 2.54 bits per heavy atom. The average Bonchev–Trinajstić information content (AvgIpc) is 3.10. The number of piperazine rings is 1. The summed E-state index contributed by atoms with van der Waals surface area (Å²) in [6, 6.07) is 15.7. The van der Waals surface area contributed by atoms with Crippen molar-refractivity contribution in [2.24, 2.45) is 0 Å². The molecule has 0 radical (unpaired) electrons. The summed E-state index contributed by atoms with van der Waals surface area (Å²) in [5.74, 6) is 0.0341. The Balaban J connectivity index is 1.32. The number of benzene rings is 2.